The fourth-order valence-corrected chi connectivity index (χ4v) is 1.39. The molecule has 4 heteroatoms. The van der Waals surface area contributed by atoms with Crippen LogP contribution in [0.2, 0.25) is 0 Å². The van der Waals surface area contributed by atoms with Crippen molar-refractivity contribution < 1.29 is 15.0 Å². The van der Waals surface area contributed by atoms with Gasteiger partial charge in [0.15, 0.2) is 6.10 Å². The summed E-state index contributed by atoms with van der Waals surface area (Å²) in [6.07, 6.45) is -2.49. The van der Waals surface area contributed by atoms with E-state index in [1.54, 1.807) is 24.3 Å². The molecule has 1 amide bonds. The van der Waals surface area contributed by atoms with Crippen molar-refractivity contribution >= 4 is 11.6 Å². The average molecular weight is 179 g/mol. The first-order valence-electron chi connectivity index (χ1n) is 3.96. The lowest BCUT2D eigenvalue weighted by Gasteiger charge is -2.25. The van der Waals surface area contributed by atoms with Crippen LogP contribution in [0, 0.1) is 0 Å². The molecule has 0 aromatic heterocycles. The molecule has 2 atom stereocenters. The monoisotopic (exact) mass is 179 g/mol. The lowest BCUT2D eigenvalue weighted by molar-refractivity contribution is -0.130. The minimum atomic E-state index is -1.37. The summed E-state index contributed by atoms with van der Waals surface area (Å²) in [6.45, 7) is 0. The van der Waals surface area contributed by atoms with Gasteiger partial charge < -0.3 is 15.5 Å². The first-order chi connectivity index (χ1) is 6.20. The van der Waals surface area contributed by atoms with E-state index >= 15 is 0 Å². The number of benzene rings is 1. The predicted octanol–water partition coefficient (Wildman–Crippen LogP) is 0.0330. The Hall–Kier alpha value is -1.39. The number of nitrogens with one attached hydrogen (secondary N) is 1. The van der Waals surface area contributed by atoms with E-state index in [0.717, 1.165) is 0 Å². The van der Waals surface area contributed by atoms with Crippen LogP contribution in [0.5, 0.6) is 0 Å². The third kappa shape index (κ3) is 1.20. The molecular weight excluding hydrogens is 170 g/mol. The van der Waals surface area contributed by atoms with E-state index in [-0.39, 0.29) is 0 Å². The molecule has 2 rings (SSSR count). The van der Waals surface area contributed by atoms with Gasteiger partial charge in [-0.05, 0) is 6.07 Å². The van der Waals surface area contributed by atoms with Gasteiger partial charge in [0.1, 0.15) is 6.10 Å². The number of carbonyl (C=O) groups excluding carboxylic acids is 1. The maximum atomic E-state index is 11.0. The summed E-state index contributed by atoms with van der Waals surface area (Å²) < 4.78 is 0. The Morgan fingerprint density at radius 2 is 1.85 bits per heavy atom. The van der Waals surface area contributed by atoms with Crippen molar-refractivity contribution in [1.82, 2.24) is 0 Å². The van der Waals surface area contributed by atoms with Gasteiger partial charge in [-0.2, -0.15) is 0 Å². The summed E-state index contributed by atoms with van der Waals surface area (Å²) in [6, 6.07) is 6.85. The second-order valence-electron chi connectivity index (χ2n) is 2.97. The summed E-state index contributed by atoms with van der Waals surface area (Å²) in [5.74, 6) is -0.564. The number of hydrogen-bond donors (Lipinski definition) is 3. The van der Waals surface area contributed by atoms with E-state index < -0.39 is 18.1 Å². The summed E-state index contributed by atoms with van der Waals surface area (Å²) in [7, 11) is 0. The van der Waals surface area contributed by atoms with E-state index in [4.69, 9.17) is 0 Å². The quantitative estimate of drug-likeness (QED) is 0.526. The third-order valence-corrected chi connectivity index (χ3v) is 2.11. The van der Waals surface area contributed by atoms with Crippen molar-refractivity contribution in [2.75, 3.05) is 5.32 Å². The lowest BCUT2D eigenvalue weighted by atomic mass is 9.98. The zero-order chi connectivity index (χ0) is 9.42. The molecule has 1 aromatic rings. The summed E-state index contributed by atoms with van der Waals surface area (Å²) in [5.41, 5.74) is 1.11. The molecule has 0 unspecified atom stereocenters. The van der Waals surface area contributed by atoms with Gasteiger partial charge >= 0.3 is 0 Å². The van der Waals surface area contributed by atoms with Gasteiger partial charge in [-0.25, -0.2) is 0 Å². The van der Waals surface area contributed by atoms with Crippen LogP contribution in [0.15, 0.2) is 24.3 Å². The van der Waals surface area contributed by atoms with Crippen molar-refractivity contribution in [3.63, 3.8) is 0 Å². The van der Waals surface area contributed by atoms with Crippen molar-refractivity contribution in [2.45, 2.75) is 12.2 Å². The van der Waals surface area contributed by atoms with Crippen molar-refractivity contribution in [3.8, 4) is 0 Å². The van der Waals surface area contributed by atoms with Gasteiger partial charge in [0.25, 0.3) is 5.91 Å². The van der Waals surface area contributed by atoms with Gasteiger partial charge in [-0.1, -0.05) is 18.2 Å². The molecule has 68 valence electrons. The van der Waals surface area contributed by atoms with Crippen LogP contribution in [0.1, 0.15) is 11.7 Å². The molecule has 0 fully saturated rings. The summed E-state index contributed by atoms with van der Waals surface area (Å²) in [4.78, 5) is 11.0. The number of anilines is 1. The number of fused-ring (bicyclic) bond motifs is 1. The molecule has 13 heavy (non-hydrogen) atoms. The van der Waals surface area contributed by atoms with Crippen molar-refractivity contribution in [2.24, 2.45) is 0 Å². The minimum absolute atomic E-state index is 0.551. The van der Waals surface area contributed by atoms with Crippen LogP contribution in [0.3, 0.4) is 0 Å². The van der Waals surface area contributed by atoms with E-state index in [0.29, 0.717) is 11.3 Å². The number of aliphatic hydroxyl groups excluding tert-OH is 2. The Labute approximate surface area is 74.8 Å². The predicted molar refractivity (Wildman–Crippen MR) is 46.0 cm³/mol. The maximum Gasteiger partial charge on any atom is 0.256 e. The minimum Gasteiger partial charge on any atom is -0.385 e. The standard InChI is InChI=1S/C9H9NO3/c11-7-5-3-1-2-4-6(5)10-9(13)8(7)12/h1-4,7-8,11-12H,(H,10,13)/t7-,8-/m0/s1. The molecule has 1 heterocycles. The molecule has 1 aliphatic heterocycles. The third-order valence-electron chi connectivity index (χ3n) is 2.11. The van der Waals surface area contributed by atoms with Crippen LogP contribution in [0.4, 0.5) is 5.69 Å². The number of aliphatic hydroxyl groups is 2. The molecule has 0 saturated carbocycles. The molecular formula is C9H9NO3. The first-order valence-corrected chi connectivity index (χ1v) is 3.96. The average Bonchev–Trinajstić information content (AvgIpc) is 2.15. The Morgan fingerprint density at radius 1 is 1.15 bits per heavy atom. The molecule has 1 aromatic carbocycles. The second-order valence-corrected chi connectivity index (χ2v) is 2.97. The smallest absolute Gasteiger partial charge is 0.256 e. The zero-order valence-corrected chi connectivity index (χ0v) is 6.77. The number of rotatable bonds is 0. The molecule has 0 bridgehead atoms. The first kappa shape index (κ1) is 8.22. The Bertz CT molecular complexity index is 350. The van der Waals surface area contributed by atoms with Crippen LogP contribution < -0.4 is 5.32 Å². The SMILES string of the molecule is O=C1Nc2ccccc2[C@H](O)[C@@H]1O. The van der Waals surface area contributed by atoms with Crippen LogP contribution in [0.25, 0.3) is 0 Å². The zero-order valence-electron chi connectivity index (χ0n) is 6.77. The Morgan fingerprint density at radius 3 is 2.62 bits per heavy atom. The number of carbonyl (C=O) groups is 1. The highest BCUT2D eigenvalue weighted by atomic mass is 16.3. The summed E-state index contributed by atoms with van der Waals surface area (Å²) in [5, 5.41) is 21.2. The topological polar surface area (TPSA) is 69.6 Å². The van der Waals surface area contributed by atoms with Gasteiger partial charge in [0, 0.05) is 11.3 Å². The molecule has 3 N–H and O–H groups in total. The van der Waals surface area contributed by atoms with Crippen molar-refractivity contribution in [1.29, 1.82) is 0 Å². The highest BCUT2D eigenvalue weighted by Gasteiger charge is 2.32. The molecule has 0 saturated heterocycles. The van der Waals surface area contributed by atoms with E-state index in [2.05, 4.69) is 5.32 Å². The molecule has 4 nitrogen and oxygen atoms in total. The van der Waals surface area contributed by atoms with Crippen LogP contribution in [-0.4, -0.2) is 22.2 Å². The molecule has 0 radical (unpaired) electrons. The van der Waals surface area contributed by atoms with Gasteiger partial charge in [0.05, 0.1) is 0 Å². The van der Waals surface area contributed by atoms with E-state index in [9.17, 15) is 15.0 Å². The fourth-order valence-electron chi connectivity index (χ4n) is 1.39. The highest BCUT2D eigenvalue weighted by Crippen LogP contribution is 2.29. The normalized spacial score (nSPS) is 26.5. The van der Waals surface area contributed by atoms with E-state index in [1.807, 2.05) is 0 Å². The van der Waals surface area contributed by atoms with Gasteiger partial charge in [-0.3, -0.25) is 4.79 Å². The second kappa shape index (κ2) is 2.83. The summed E-state index contributed by atoms with van der Waals surface area (Å²) >= 11 is 0. The Balaban J connectivity index is 2.49. The molecule has 0 aliphatic carbocycles. The maximum absolute atomic E-state index is 11.0. The number of amides is 1. The van der Waals surface area contributed by atoms with Crippen molar-refractivity contribution in [3.05, 3.63) is 29.8 Å². The fraction of sp³-hybridized carbons (Fsp3) is 0.222. The largest absolute Gasteiger partial charge is 0.385 e. The van der Waals surface area contributed by atoms with Gasteiger partial charge in [-0.15, -0.1) is 0 Å². The number of para-hydroxylation sites is 1. The highest BCUT2D eigenvalue weighted by molar-refractivity contribution is 5.97. The number of hydrogen-bond acceptors (Lipinski definition) is 3. The van der Waals surface area contributed by atoms with Crippen LogP contribution >= 0.6 is 0 Å². The van der Waals surface area contributed by atoms with Gasteiger partial charge in [0.2, 0.25) is 0 Å². The lowest BCUT2D eigenvalue weighted by Crippen LogP contribution is -2.37. The Kier molecular flexibility index (Phi) is 1.79. The van der Waals surface area contributed by atoms with E-state index in [1.165, 1.54) is 0 Å². The molecule has 1 aliphatic rings. The van der Waals surface area contributed by atoms with Crippen LogP contribution in [-0.2, 0) is 4.79 Å². The molecule has 0 spiro atoms.